The molecule has 0 atom stereocenters. The van der Waals surface area contributed by atoms with E-state index in [2.05, 4.69) is 4.99 Å². The lowest BCUT2D eigenvalue weighted by Crippen LogP contribution is -2.00. The Morgan fingerprint density at radius 1 is 1.04 bits per heavy atom. The quantitative estimate of drug-likeness (QED) is 0.470. The Balaban J connectivity index is 1.70. The normalized spacial score (nSPS) is 10.8. The number of ether oxygens (including phenoxy) is 2. The molecule has 1 aromatic heterocycles. The van der Waals surface area contributed by atoms with E-state index in [9.17, 15) is 4.79 Å². The molecule has 0 radical (unpaired) electrons. The third kappa shape index (κ3) is 4.19. The molecule has 0 saturated carbocycles. The molecule has 0 spiro atoms. The third-order valence-electron chi connectivity index (χ3n) is 3.71. The summed E-state index contributed by atoms with van der Waals surface area (Å²) >= 11 is 0. The molecule has 0 bridgehead atoms. The molecule has 0 saturated heterocycles. The summed E-state index contributed by atoms with van der Waals surface area (Å²) in [6, 6.07) is 18.3. The number of carbonyl (C=O) groups is 1. The van der Waals surface area contributed by atoms with Gasteiger partial charge in [-0.2, -0.15) is 0 Å². The Kier molecular flexibility index (Phi) is 5.49. The SMILES string of the molecule is CCOc1ccc(N=Cc2ccc(-c3ccc(C(=O)OC)cc3)o2)cc1. The number of hydrogen-bond acceptors (Lipinski definition) is 5. The van der Waals surface area contributed by atoms with Gasteiger partial charge in [-0.15, -0.1) is 0 Å². The molecule has 0 aliphatic carbocycles. The summed E-state index contributed by atoms with van der Waals surface area (Å²) in [5, 5.41) is 0. The summed E-state index contributed by atoms with van der Waals surface area (Å²) < 4.78 is 15.9. The lowest BCUT2D eigenvalue weighted by Gasteiger charge is -2.01. The largest absolute Gasteiger partial charge is 0.494 e. The van der Waals surface area contributed by atoms with Gasteiger partial charge in [0.2, 0.25) is 0 Å². The minimum atomic E-state index is -0.362. The van der Waals surface area contributed by atoms with Crippen LogP contribution >= 0.6 is 0 Å². The first kappa shape index (κ1) is 17.5. The van der Waals surface area contributed by atoms with Gasteiger partial charge in [0.15, 0.2) is 0 Å². The maximum atomic E-state index is 11.5. The van der Waals surface area contributed by atoms with E-state index in [0.717, 1.165) is 17.0 Å². The Hall–Kier alpha value is -3.34. The Morgan fingerprint density at radius 3 is 2.42 bits per heavy atom. The topological polar surface area (TPSA) is 61.0 Å². The van der Waals surface area contributed by atoms with Gasteiger partial charge in [0, 0.05) is 5.56 Å². The number of hydrogen-bond donors (Lipinski definition) is 0. The molecule has 0 fully saturated rings. The minimum absolute atomic E-state index is 0.362. The standard InChI is InChI=1S/C21H19NO4/c1-3-25-18-10-8-17(9-11-18)22-14-19-12-13-20(26-19)15-4-6-16(7-5-15)21(23)24-2/h4-14H,3H2,1-2H3. The molecular weight excluding hydrogens is 330 g/mol. The number of carbonyl (C=O) groups excluding carboxylic acids is 1. The highest BCUT2D eigenvalue weighted by atomic mass is 16.5. The number of rotatable bonds is 6. The molecule has 3 rings (SSSR count). The molecule has 5 nitrogen and oxygen atoms in total. The van der Waals surface area contributed by atoms with E-state index in [1.165, 1.54) is 7.11 Å². The molecule has 0 N–H and O–H groups in total. The van der Waals surface area contributed by atoms with Crippen LogP contribution in [0.2, 0.25) is 0 Å². The molecular formula is C21H19NO4. The molecule has 3 aromatic rings. The fourth-order valence-electron chi connectivity index (χ4n) is 2.40. The number of esters is 1. The molecule has 1 heterocycles. The summed E-state index contributed by atoms with van der Waals surface area (Å²) in [6.45, 7) is 2.59. The first-order valence-corrected chi connectivity index (χ1v) is 8.25. The number of aliphatic imine (C=N–C) groups is 1. The number of nitrogens with zero attached hydrogens (tertiary/aromatic N) is 1. The van der Waals surface area contributed by atoms with Crippen LogP contribution < -0.4 is 4.74 Å². The van der Waals surface area contributed by atoms with Gasteiger partial charge in [0.1, 0.15) is 17.3 Å². The van der Waals surface area contributed by atoms with Gasteiger partial charge in [-0.1, -0.05) is 12.1 Å². The van der Waals surface area contributed by atoms with Crippen LogP contribution in [0.25, 0.3) is 11.3 Å². The summed E-state index contributed by atoms with van der Waals surface area (Å²) in [5.74, 6) is 1.81. The van der Waals surface area contributed by atoms with Crippen LogP contribution in [0.15, 0.2) is 70.1 Å². The van der Waals surface area contributed by atoms with Crippen molar-refractivity contribution in [1.82, 2.24) is 0 Å². The van der Waals surface area contributed by atoms with Crippen molar-refractivity contribution in [2.45, 2.75) is 6.92 Å². The van der Waals surface area contributed by atoms with Gasteiger partial charge in [-0.3, -0.25) is 4.99 Å². The van der Waals surface area contributed by atoms with Crippen LogP contribution in [-0.2, 0) is 4.74 Å². The molecule has 26 heavy (non-hydrogen) atoms. The monoisotopic (exact) mass is 349 g/mol. The maximum Gasteiger partial charge on any atom is 0.337 e. The van der Waals surface area contributed by atoms with Crippen molar-refractivity contribution in [3.8, 4) is 17.1 Å². The second kappa shape index (κ2) is 8.16. The number of methoxy groups -OCH3 is 1. The van der Waals surface area contributed by atoms with E-state index in [1.54, 1.807) is 18.3 Å². The molecule has 0 unspecified atom stereocenters. The van der Waals surface area contributed by atoms with Crippen LogP contribution in [0, 0.1) is 0 Å². The lowest BCUT2D eigenvalue weighted by atomic mass is 10.1. The van der Waals surface area contributed by atoms with Crippen molar-refractivity contribution < 1.29 is 18.7 Å². The van der Waals surface area contributed by atoms with Crippen molar-refractivity contribution in [1.29, 1.82) is 0 Å². The van der Waals surface area contributed by atoms with Crippen molar-refractivity contribution >= 4 is 17.9 Å². The lowest BCUT2D eigenvalue weighted by molar-refractivity contribution is 0.0600. The average molecular weight is 349 g/mol. The summed E-state index contributed by atoms with van der Waals surface area (Å²) in [5.41, 5.74) is 2.19. The highest BCUT2D eigenvalue weighted by Gasteiger charge is 2.07. The molecule has 0 aliphatic rings. The Labute approximate surface area is 151 Å². The number of benzene rings is 2. The third-order valence-corrected chi connectivity index (χ3v) is 3.71. The van der Waals surface area contributed by atoms with Crippen LogP contribution in [0.1, 0.15) is 23.0 Å². The van der Waals surface area contributed by atoms with Gasteiger partial charge >= 0.3 is 5.97 Å². The summed E-state index contributed by atoms with van der Waals surface area (Å²) in [7, 11) is 1.36. The second-order valence-electron chi connectivity index (χ2n) is 5.46. The van der Waals surface area contributed by atoms with Gasteiger partial charge in [-0.25, -0.2) is 4.79 Å². The molecule has 2 aromatic carbocycles. The van der Waals surface area contributed by atoms with Gasteiger partial charge in [0.25, 0.3) is 0 Å². The maximum absolute atomic E-state index is 11.5. The average Bonchev–Trinajstić information content (AvgIpc) is 3.16. The molecule has 5 heteroatoms. The Morgan fingerprint density at radius 2 is 1.77 bits per heavy atom. The van der Waals surface area contributed by atoms with Crippen molar-refractivity contribution in [3.63, 3.8) is 0 Å². The predicted molar refractivity (Wildman–Crippen MR) is 100 cm³/mol. The van der Waals surface area contributed by atoms with E-state index in [0.29, 0.717) is 23.7 Å². The van der Waals surface area contributed by atoms with Crippen molar-refractivity contribution in [2.75, 3.05) is 13.7 Å². The van der Waals surface area contributed by atoms with Gasteiger partial charge in [0.05, 0.1) is 31.2 Å². The van der Waals surface area contributed by atoms with E-state index in [1.807, 2.05) is 55.5 Å². The number of furan rings is 1. The van der Waals surface area contributed by atoms with Crippen LogP contribution in [-0.4, -0.2) is 25.9 Å². The van der Waals surface area contributed by atoms with Crippen LogP contribution in [0.3, 0.4) is 0 Å². The van der Waals surface area contributed by atoms with Gasteiger partial charge in [-0.05, 0) is 55.5 Å². The second-order valence-corrected chi connectivity index (χ2v) is 5.46. The fourth-order valence-corrected chi connectivity index (χ4v) is 2.40. The minimum Gasteiger partial charge on any atom is -0.494 e. The molecule has 132 valence electrons. The summed E-state index contributed by atoms with van der Waals surface area (Å²) in [6.07, 6.45) is 1.67. The van der Waals surface area contributed by atoms with E-state index in [-0.39, 0.29) is 5.97 Å². The predicted octanol–water partition coefficient (Wildman–Crippen LogP) is 4.88. The van der Waals surface area contributed by atoms with E-state index >= 15 is 0 Å². The fraction of sp³-hybridized carbons (Fsp3) is 0.143. The van der Waals surface area contributed by atoms with Crippen molar-refractivity contribution in [3.05, 3.63) is 72.0 Å². The zero-order valence-electron chi connectivity index (χ0n) is 14.6. The highest BCUT2D eigenvalue weighted by molar-refractivity contribution is 5.89. The Bertz CT molecular complexity index is 893. The van der Waals surface area contributed by atoms with E-state index < -0.39 is 0 Å². The first-order chi connectivity index (χ1) is 12.7. The summed E-state index contributed by atoms with van der Waals surface area (Å²) in [4.78, 5) is 15.9. The molecule has 0 aliphatic heterocycles. The highest BCUT2D eigenvalue weighted by Crippen LogP contribution is 2.23. The molecule has 0 amide bonds. The van der Waals surface area contributed by atoms with E-state index in [4.69, 9.17) is 13.9 Å². The van der Waals surface area contributed by atoms with Crippen LogP contribution in [0.4, 0.5) is 5.69 Å². The first-order valence-electron chi connectivity index (χ1n) is 8.25. The van der Waals surface area contributed by atoms with Gasteiger partial charge < -0.3 is 13.9 Å². The van der Waals surface area contributed by atoms with Crippen molar-refractivity contribution in [2.24, 2.45) is 4.99 Å². The smallest absolute Gasteiger partial charge is 0.337 e. The van der Waals surface area contributed by atoms with Crippen LogP contribution in [0.5, 0.6) is 5.75 Å². The zero-order chi connectivity index (χ0) is 18.4. The zero-order valence-corrected chi connectivity index (χ0v) is 14.6.